The lowest BCUT2D eigenvalue weighted by Crippen LogP contribution is -2.44. The lowest BCUT2D eigenvalue weighted by atomic mass is 10.1. The molecule has 2 atom stereocenters. The zero-order chi connectivity index (χ0) is 18.2. The summed E-state index contributed by atoms with van der Waals surface area (Å²) in [7, 11) is 1.72. The van der Waals surface area contributed by atoms with Crippen LogP contribution >= 0.6 is 24.0 Å². The van der Waals surface area contributed by atoms with Crippen LogP contribution < -0.4 is 20.3 Å². The van der Waals surface area contributed by atoms with Crippen molar-refractivity contribution in [2.24, 2.45) is 16.8 Å². The first-order valence-electron chi connectivity index (χ1n) is 9.47. The van der Waals surface area contributed by atoms with Gasteiger partial charge in [0.05, 0.1) is 7.11 Å². The van der Waals surface area contributed by atoms with Crippen LogP contribution in [0.2, 0.25) is 0 Å². The number of rotatable bonds is 7. The molecule has 2 N–H and O–H groups in total. The van der Waals surface area contributed by atoms with Crippen molar-refractivity contribution in [3.63, 3.8) is 0 Å². The van der Waals surface area contributed by atoms with Gasteiger partial charge in [0.25, 0.3) is 0 Å². The van der Waals surface area contributed by atoms with Crippen molar-refractivity contribution >= 4 is 35.6 Å². The molecule has 0 amide bonds. The molecule has 0 spiro atoms. The molecular formula is C20H35IN4O. The highest BCUT2D eigenvalue weighted by molar-refractivity contribution is 14.0. The van der Waals surface area contributed by atoms with Crippen molar-refractivity contribution in [2.75, 3.05) is 38.2 Å². The highest BCUT2D eigenvalue weighted by Crippen LogP contribution is 2.26. The molecule has 5 nitrogen and oxygen atoms in total. The van der Waals surface area contributed by atoms with Crippen molar-refractivity contribution in [1.29, 1.82) is 0 Å². The van der Waals surface area contributed by atoms with Gasteiger partial charge in [-0.25, -0.2) is 0 Å². The minimum Gasteiger partial charge on any atom is -0.497 e. The van der Waals surface area contributed by atoms with Gasteiger partial charge in [0, 0.05) is 44.0 Å². The second-order valence-electron chi connectivity index (χ2n) is 7.20. The van der Waals surface area contributed by atoms with Gasteiger partial charge in [-0.05, 0) is 44.2 Å². The first-order valence-corrected chi connectivity index (χ1v) is 9.47. The average Bonchev–Trinajstić information content (AvgIpc) is 3.08. The molecule has 148 valence electrons. The number of hydrogen-bond donors (Lipinski definition) is 2. The van der Waals surface area contributed by atoms with E-state index in [1.807, 2.05) is 6.07 Å². The van der Waals surface area contributed by atoms with Gasteiger partial charge >= 0.3 is 0 Å². The summed E-state index contributed by atoms with van der Waals surface area (Å²) in [6.07, 6.45) is 1.18. The third kappa shape index (κ3) is 6.85. The van der Waals surface area contributed by atoms with Crippen molar-refractivity contribution in [3.8, 4) is 5.75 Å². The van der Waals surface area contributed by atoms with Gasteiger partial charge in [-0.1, -0.05) is 19.9 Å². The minimum atomic E-state index is 0. The number of methoxy groups -OCH3 is 1. The number of aliphatic imine (C=N–C) groups is 1. The zero-order valence-electron chi connectivity index (χ0n) is 16.8. The Morgan fingerprint density at radius 2 is 2.12 bits per heavy atom. The summed E-state index contributed by atoms with van der Waals surface area (Å²) in [6.45, 7) is 12.6. The lowest BCUT2D eigenvalue weighted by molar-refractivity contribution is 0.415. The van der Waals surface area contributed by atoms with Crippen LogP contribution in [-0.4, -0.2) is 45.3 Å². The molecule has 6 heteroatoms. The van der Waals surface area contributed by atoms with Crippen molar-refractivity contribution in [2.45, 2.75) is 40.2 Å². The Bertz CT molecular complexity index is 564. The molecule has 0 aromatic heterocycles. The van der Waals surface area contributed by atoms with Crippen LogP contribution in [0.15, 0.2) is 29.3 Å². The summed E-state index contributed by atoms with van der Waals surface area (Å²) >= 11 is 0. The molecule has 0 bridgehead atoms. The Balaban J connectivity index is 0.00000338. The maximum Gasteiger partial charge on any atom is 0.191 e. The van der Waals surface area contributed by atoms with Gasteiger partial charge in [0.15, 0.2) is 5.96 Å². The van der Waals surface area contributed by atoms with Gasteiger partial charge in [-0.3, -0.25) is 4.99 Å². The van der Waals surface area contributed by atoms with Crippen LogP contribution in [0.1, 0.15) is 34.1 Å². The van der Waals surface area contributed by atoms with Crippen LogP contribution in [0.3, 0.4) is 0 Å². The molecule has 1 aromatic rings. The van der Waals surface area contributed by atoms with Gasteiger partial charge in [0.1, 0.15) is 5.75 Å². The maximum absolute atomic E-state index is 5.34. The van der Waals surface area contributed by atoms with Crippen LogP contribution in [0, 0.1) is 11.8 Å². The van der Waals surface area contributed by atoms with Crippen molar-refractivity contribution in [3.05, 3.63) is 24.3 Å². The quantitative estimate of drug-likeness (QED) is 0.359. The van der Waals surface area contributed by atoms with E-state index in [9.17, 15) is 0 Å². The van der Waals surface area contributed by atoms with Crippen LogP contribution in [-0.2, 0) is 0 Å². The lowest BCUT2D eigenvalue weighted by Gasteiger charge is -2.21. The fourth-order valence-electron chi connectivity index (χ4n) is 2.95. The summed E-state index contributed by atoms with van der Waals surface area (Å²) < 4.78 is 5.34. The first kappa shape index (κ1) is 22.9. The van der Waals surface area contributed by atoms with Gasteiger partial charge in [0.2, 0.25) is 0 Å². The summed E-state index contributed by atoms with van der Waals surface area (Å²) in [6, 6.07) is 8.73. The highest BCUT2D eigenvalue weighted by Gasteiger charge is 2.23. The fraction of sp³-hybridized carbons (Fsp3) is 0.650. The van der Waals surface area contributed by atoms with Crippen LogP contribution in [0.5, 0.6) is 5.75 Å². The predicted octanol–water partition coefficient (Wildman–Crippen LogP) is 3.74. The summed E-state index contributed by atoms with van der Waals surface area (Å²) in [5.74, 6) is 3.03. The van der Waals surface area contributed by atoms with Crippen molar-refractivity contribution in [1.82, 2.24) is 10.6 Å². The van der Waals surface area contributed by atoms with E-state index in [2.05, 4.69) is 61.4 Å². The summed E-state index contributed by atoms with van der Waals surface area (Å²) in [4.78, 5) is 7.25. The number of nitrogens with zero attached hydrogens (tertiary/aromatic N) is 2. The Hall–Kier alpha value is -1.18. The highest BCUT2D eigenvalue weighted by atomic mass is 127. The minimum absolute atomic E-state index is 0. The molecule has 2 unspecified atom stereocenters. The molecule has 0 radical (unpaired) electrons. The first-order chi connectivity index (χ1) is 12.0. The van der Waals surface area contributed by atoms with Crippen LogP contribution in [0.4, 0.5) is 5.69 Å². The molecule has 2 rings (SSSR count). The Morgan fingerprint density at radius 3 is 2.77 bits per heavy atom. The van der Waals surface area contributed by atoms with Gasteiger partial charge < -0.3 is 20.3 Å². The van der Waals surface area contributed by atoms with E-state index >= 15 is 0 Å². The van der Waals surface area contributed by atoms with E-state index in [0.717, 1.165) is 37.9 Å². The zero-order valence-corrected chi connectivity index (χ0v) is 19.1. The summed E-state index contributed by atoms with van der Waals surface area (Å²) in [5, 5.41) is 6.87. The topological polar surface area (TPSA) is 48.9 Å². The molecule has 0 aliphatic carbocycles. The van der Waals surface area contributed by atoms with E-state index < -0.39 is 0 Å². The Labute approximate surface area is 176 Å². The number of guanidine groups is 1. The number of ether oxygens (including phenoxy) is 1. The maximum atomic E-state index is 5.34. The molecule has 26 heavy (non-hydrogen) atoms. The molecular weight excluding hydrogens is 439 g/mol. The van der Waals surface area contributed by atoms with E-state index in [-0.39, 0.29) is 24.0 Å². The number of halogens is 1. The van der Waals surface area contributed by atoms with E-state index in [4.69, 9.17) is 9.73 Å². The molecule has 1 fully saturated rings. The number of anilines is 1. The number of hydrogen-bond acceptors (Lipinski definition) is 3. The van der Waals surface area contributed by atoms with Gasteiger partial charge in [-0.2, -0.15) is 0 Å². The average molecular weight is 474 g/mol. The number of benzene rings is 1. The molecule has 0 saturated carbocycles. The Morgan fingerprint density at radius 1 is 1.35 bits per heavy atom. The molecule has 1 aromatic carbocycles. The Kier molecular flexibility index (Phi) is 10.1. The fourth-order valence-corrected chi connectivity index (χ4v) is 2.95. The monoisotopic (exact) mass is 474 g/mol. The normalized spacial score (nSPS) is 18.5. The van der Waals surface area contributed by atoms with Crippen LogP contribution in [0.25, 0.3) is 0 Å². The third-order valence-corrected chi connectivity index (χ3v) is 4.92. The predicted molar refractivity (Wildman–Crippen MR) is 122 cm³/mol. The SMILES string of the molecule is CCNC(=NCC1CCN(c2cccc(OC)c2)C1)NC(C)C(C)C.I. The third-order valence-electron chi connectivity index (χ3n) is 4.92. The second kappa shape index (κ2) is 11.5. The molecule has 1 heterocycles. The largest absolute Gasteiger partial charge is 0.497 e. The van der Waals surface area contributed by atoms with Gasteiger partial charge in [-0.15, -0.1) is 24.0 Å². The van der Waals surface area contributed by atoms with E-state index in [1.165, 1.54) is 12.1 Å². The molecule has 1 saturated heterocycles. The number of nitrogens with one attached hydrogen (secondary N) is 2. The second-order valence-corrected chi connectivity index (χ2v) is 7.20. The van der Waals surface area contributed by atoms with Crippen molar-refractivity contribution < 1.29 is 4.74 Å². The van der Waals surface area contributed by atoms with E-state index in [0.29, 0.717) is 17.9 Å². The standard InChI is InChI=1S/C20H34N4O.HI/c1-6-21-20(23-16(4)15(2)3)22-13-17-10-11-24(14-17)18-8-7-9-19(12-18)25-5;/h7-9,12,15-17H,6,10-11,13-14H2,1-5H3,(H2,21,22,23);1H. The smallest absolute Gasteiger partial charge is 0.191 e. The molecule has 1 aliphatic rings. The van der Waals surface area contributed by atoms with E-state index in [1.54, 1.807) is 7.11 Å². The summed E-state index contributed by atoms with van der Waals surface area (Å²) in [5.41, 5.74) is 1.24. The molecule has 1 aliphatic heterocycles.